The molecule has 0 aliphatic rings. The molecule has 0 aliphatic heterocycles. The molecular formula is C53H59LiN4O9S2. The van der Waals surface area contributed by atoms with E-state index in [9.17, 15) is 31.5 Å². The molecule has 0 aromatic heterocycles. The maximum atomic E-state index is 13.4. The zero-order valence-corrected chi connectivity index (χ0v) is 42.5. The molecule has 358 valence electrons. The minimum absolute atomic E-state index is 0. The van der Waals surface area contributed by atoms with Gasteiger partial charge in [0, 0.05) is 45.0 Å². The van der Waals surface area contributed by atoms with Crippen LogP contribution in [0.25, 0.3) is 21.5 Å². The van der Waals surface area contributed by atoms with Gasteiger partial charge in [-0.05, 0) is 102 Å². The van der Waals surface area contributed by atoms with Crippen molar-refractivity contribution < 1.29 is 60.6 Å². The number of esters is 1. The number of hydrogen-bond acceptors (Lipinski definition) is 10. The molecule has 2 atom stereocenters. The fourth-order valence-electron chi connectivity index (χ4n) is 8.77. The van der Waals surface area contributed by atoms with Crippen LogP contribution in [-0.4, -0.2) is 71.6 Å². The molecule has 4 N–H and O–H groups in total. The number of methoxy groups -OCH3 is 1. The standard InChI is InChI=1S/C27H30N2O4S.C26H28N2O4S.Li.H2O/c1-7-14-29(21(5)17-26(30)33-6)25-13-12-24(22-10-8-9-11-23(22)25)28-34(31,32)27-19(3)15-18(2)16-20(27)4;1-6-13-28(20(5)16-25(29)30)24-12-11-23(21-9-7-8-10-22(21)24)27-33(31,32)26-18(3)14-17(2)15-19(26)4;;/h1,8-13,15-16,21,28H,14,17H2,2-6H3;1,7-12,14-15,20,27H,13,16H2,2-5H3,(H,29,30);;1H2/q;;+1;/p-1/t21-;20-;;/m00../s1. The van der Waals surface area contributed by atoms with Crippen LogP contribution in [0.15, 0.2) is 107 Å². The Labute approximate surface area is 419 Å². The van der Waals surface area contributed by atoms with E-state index in [1.807, 2.05) is 109 Å². The molecule has 0 radical (unpaired) electrons. The van der Waals surface area contributed by atoms with Crippen molar-refractivity contribution in [3.63, 3.8) is 0 Å². The van der Waals surface area contributed by atoms with Gasteiger partial charge in [0.15, 0.2) is 0 Å². The third-order valence-electron chi connectivity index (χ3n) is 11.4. The zero-order chi connectivity index (χ0) is 49.4. The second-order valence-corrected chi connectivity index (χ2v) is 20.0. The van der Waals surface area contributed by atoms with Crippen molar-refractivity contribution in [1.82, 2.24) is 0 Å². The second-order valence-electron chi connectivity index (χ2n) is 16.8. The number of terminal acetylenes is 2. The van der Waals surface area contributed by atoms with Gasteiger partial charge in [0.05, 0.1) is 54.2 Å². The van der Waals surface area contributed by atoms with E-state index < -0.39 is 26.0 Å². The number of sulfonamides is 2. The van der Waals surface area contributed by atoms with E-state index in [1.54, 1.807) is 52.8 Å². The minimum Gasteiger partial charge on any atom is -0.870 e. The Balaban J connectivity index is 0.000000355. The average molecular weight is 967 g/mol. The summed E-state index contributed by atoms with van der Waals surface area (Å²) in [6, 6.07) is 28.8. The minimum atomic E-state index is -3.83. The Morgan fingerprint density at radius 3 is 1.26 bits per heavy atom. The Morgan fingerprint density at radius 1 is 0.609 bits per heavy atom. The zero-order valence-electron chi connectivity index (χ0n) is 40.8. The number of carbonyl (C=O) groups is 2. The van der Waals surface area contributed by atoms with Crippen LogP contribution in [0.5, 0.6) is 0 Å². The van der Waals surface area contributed by atoms with E-state index in [0.29, 0.717) is 39.0 Å². The van der Waals surface area contributed by atoms with Crippen LogP contribution in [0, 0.1) is 66.2 Å². The molecule has 0 fully saturated rings. The molecule has 0 amide bonds. The maximum absolute atomic E-state index is 13.4. The Morgan fingerprint density at radius 2 is 0.942 bits per heavy atom. The molecule has 13 nitrogen and oxygen atoms in total. The topological polar surface area (TPSA) is 192 Å². The van der Waals surface area contributed by atoms with Crippen molar-refractivity contribution in [2.45, 2.75) is 90.1 Å². The average Bonchev–Trinajstić information content (AvgIpc) is 3.24. The SMILES string of the molecule is C#CCN(c1ccc(NS(=O)(=O)c2c(C)cc(C)cc2C)c2ccccc12)[C@@H](C)CC(=O)O.C#CCN(c1ccc(NS(=O)(=O)c2c(C)cc(C)cc2C)c2ccccc12)[C@@H](C)CC(=O)OC.[Li+].[OH-]. The van der Waals surface area contributed by atoms with Gasteiger partial charge in [-0.3, -0.25) is 19.0 Å². The van der Waals surface area contributed by atoms with Gasteiger partial charge in [0.2, 0.25) is 0 Å². The molecule has 0 bridgehead atoms. The van der Waals surface area contributed by atoms with Crippen molar-refractivity contribution in [1.29, 1.82) is 0 Å². The number of hydrogen-bond donors (Lipinski definition) is 3. The number of ether oxygens (including phenoxy) is 1. The van der Waals surface area contributed by atoms with Crippen LogP contribution in [0.3, 0.4) is 0 Å². The normalized spacial score (nSPS) is 11.8. The van der Waals surface area contributed by atoms with E-state index in [-0.39, 0.29) is 78.1 Å². The van der Waals surface area contributed by atoms with Crippen molar-refractivity contribution in [2.24, 2.45) is 0 Å². The summed E-state index contributed by atoms with van der Waals surface area (Å²) >= 11 is 0. The van der Waals surface area contributed by atoms with Crippen molar-refractivity contribution in [3.8, 4) is 24.7 Å². The predicted molar refractivity (Wildman–Crippen MR) is 273 cm³/mol. The number of rotatable bonds is 16. The second kappa shape index (κ2) is 24.2. The first-order chi connectivity index (χ1) is 31.6. The fraction of sp³-hybridized carbons (Fsp3) is 0.283. The first-order valence-electron chi connectivity index (χ1n) is 21.6. The summed E-state index contributed by atoms with van der Waals surface area (Å²) in [6.07, 6.45) is 11.3. The van der Waals surface area contributed by atoms with Crippen molar-refractivity contribution >= 4 is 76.3 Å². The Bertz CT molecular complexity index is 3120. The number of aryl methyl sites for hydroxylation is 6. The first-order valence-corrected chi connectivity index (χ1v) is 24.5. The molecule has 6 aromatic carbocycles. The number of aliphatic carboxylic acids is 1. The van der Waals surface area contributed by atoms with Crippen LogP contribution in [0.2, 0.25) is 0 Å². The number of carboxylic acid groups (broad SMARTS) is 1. The van der Waals surface area contributed by atoms with Gasteiger partial charge in [0.1, 0.15) is 0 Å². The first kappa shape index (κ1) is 56.9. The molecule has 6 rings (SSSR count). The summed E-state index contributed by atoms with van der Waals surface area (Å²) in [5.41, 5.74) is 7.26. The largest absolute Gasteiger partial charge is 1.00 e. The third-order valence-corrected chi connectivity index (χ3v) is 14.7. The molecule has 0 aliphatic carbocycles. The summed E-state index contributed by atoms with van der Waals surface area (Å²) in [4.78, 5) is 27.5. The quantitative estimate of drug-likeness (QED) is 0.0535. The number of nitrogens with zero attached hydrogens (tertiary/aromatic N) is 2. The molecule has 0 saturated carbocycles. The summed E-state index contributed by atoms with van der Waals surface area (Å²) < 4.78 is 63.8. The molecule has 69 heavy (non-hydrogen) atoms. The van der Waals surface area contributed by atoms with Crippen molar-refractivity contribution in [2.75, 3.05) is 39.4 Å². The Hall–Kier alpha value is -6.44. The number of fused-ring (bicyclic) bond motifs is 2. The van der Waals surface area contributed by atoms with Gasteiger partial charge >= 0.3 is 30.8 Å². The third kappa shape index (κ3) is 13.4. The maximum Gasteiger partial charge on any atom is 1.00 e. The smallest absolute Gasteiger partial charge is 0.870 e. The number of carboxylic acids is 1. The number of nitrogens with one attached hydrogen (secondary N) is 2. The fourth-order valence-corrected chi connectivity index (χ4v) is 11.8. The summed E-state index contributed by atoms with van der Waals surface area (Å²) in [5.74, 6) is 4.01. The van der Waals surface area contributed by atoms with E-state index >= 15 is 0 Å². The predicted octanol–water partition coefficient (Wildman–Crippen LogP) is 6.65. The van der Waals surface area contributed by atoms with E-state index in [4.69, 9.17) is 17.6 Å². The van der Waals surface area contributed by atoms with Gasteiger partial charge in [-0.15, -0.1) is 12.8 Å². The van der Waals surface area contributed by atoms with Gasteiger partial charge in [0.25, 0.3) is 20.0 Å². The van der Waals surface area contributed by atoms with E-state index in [2.05, 4.69) is 21.3 Å². The molecule has 0 spiro atoms. The van der Waals surface area contributed by atoms with E-state index in [0.717, 1.165) is 38.7 Å². The number of anilines is 4. The Kier molecular flexibility index (Phi) is 20.0. The van der Waals surface area contributed by atoms with Crippen LogP contribution < -0.4 is 38.1 Å². The van der Waals surface area contributed by atoms with Gasteiger partial charge in [-0.2, -0.15) is 0 Å². The molecule has 0 heterocycles. The molecule has 0 unspecified atom stereocenters. The molecule has 0 saturated heterocycles. The van der Waals surface area contributed by atoms with Crippen LogP contribution in [0.4, 0.5) is 22.7 Å². The van der Waals surface area contributed by atoms with Crippen LogP contribution >= 0.6 is 0 Å². The van der Waals surface area contributed by atoms with Crippen molar-refractivity contribution in [3.05, 3.63) is 130 Å². The molecular weight excluding hydrogens is 908 g/mol. The van der Waals surface area contributed by atoms with E-state index in [1.165, 1.54) is 7.11 Å². The van der Waals surface area contributed by atoms with Crippen LogP contribution in [-0.2, 0) is 34.4 Å². The summed E-state index contributed by atoms with van der Waals surface area (Å²) in [7, 11) is -6.30. The monoisotopic (exact) mass is 966 g/mol. The molecule has 6 aromatic rings. The van der Waals surface area contributed by atoms with Gasteiger partial charge in [-0.25, -0.2) is 16.8 Å². The van der Waals surface area contributed by atoms with Crippen LogP contribution in [0.1, 0.15) is 60.1 Å². The summed E-state index contributed by atoms with van der Waals surface area (Å²) in [6.45, 7) is 15.3. The van der Waals surface area contributed by atoms with Gasteiger partial charge in [-0.1, -0.05) is 95.8 Å². The summed E-state index contributed by atoms with van der Waals surface area (Å²) in [5, 5.41) is 12.3. The molecule has 16 heteroatoms. The van der Waals surface area contributed by atoms with Gasteiger partial charge < -0.3 is 25.1 Å². The number of carbonyl (C=O) groups excluding carboxylic acids is 1. The number of benzene rings is 6.